The summed E-state index contributed by atoms with van der Waals surface area (Å²) < 4.78 is 4.85. The molecule has 4 heteroatoms. The Bertz CT molecular complexity index is 430. The van der Waals surface area contributed by atoms with Gasteiger partial charge in [-0.2, -0.15) is 0 Å². The van der Waals surface area contributed by atoms with E-state index in [-0.39, 0.29) is 18.0 Å². The molecule has 0 saturated heterocycles. The summed E-state index contributed by atoms with van der Waals surface area (Å²) in [6.07, 6.45) is 14.9. The maximum absolute atomic E-state index is 12.2. The quantitative estimate of drug-likeness (QED) is 0.267. The van der Waals surface area contributed by atoms with E-state index in [0.29, 0.717) is 18.3 Å². The summed E-state index contributed by atoms with van der Waals surface area (Å²) in [5, 5.41) is 9.96. The molecule has 1 unspecified atom stereocenters. The van der Waals surface area contributed by atoms with Crippen molar-refractivity contribution in [2.24, 2.45) is 11.8 Å². The highest BCUT2D eigenvalue weighted by Gasteiger charge is 2.33. The molecule has 0 aromatic carbocycles. The summed E-state index contributed by atoms with van der Waals surface area (Å²) in [6.45, 7) is 4.35. The maximum Gasteiger partial charge on any atom is 0.330 e. The molecule has 0 aliphatic heterocycles. The number of carbonyl (C=O) groups is 2. The number of rotatable bonds is 14. The zero-order chi connectivity index (χ0) is 19.2. The van der Waals surface area contributed by atoms with Crippen LogP contribution in [0.2, 0.25) is 0 Å². The molecular weight excluding hydrogens is 328 g/mol. The number of ketones is 1. The Morgan fingerprint density at radius 1 is 1.19 bits per heavy atom. The van der Waals surface area contributed by atoms with Crippen molar-refractivity contribution in [2.45, 2.75) is 97.0 Å². The van der Waals surface area contributed by atoms with Gasteiger partial charge >= 0.3 is 5.97 Å². The maximum atomic E-state index is 12.2. The molecule has 1 aliphatic carbocycles. The molecule has 150 valence electrons. The van der Waals surface area contributed by atoms with Crippen LogP contribution >= 0.6 is 0 Å². The van der Waals surface area contributed by atoms with Crippen LogP contribution in [0.15, 0.2) is 12.2 Å². The van der Waals surface area contributed by atoms with Crippen molar-refractivity contribution in [3.05, 3.63) is 12.2 Å². The lowest BCUT2D eigenvalue weighted by Gasteiger charge is -2.19. The number of hydrogen-bond acceptors (Lipinski definition) is 4. The van der Waals surface area contributed by atoms with Gasteiger partial charge in [0, 0.05) is 18.4 Å². The molecular formula is C22H38O4. The highest BCUT2D eigenvalue weighted by Crippen LogP contribution is 2.36. The summed E-state index contributed by atoms with van der Waals surface area (Å²) >= 11 is 0. The van der Waals surface area contributed by atoms with Crippen LogP contribution in [0.5, 0.6) is 0 Å². The van der Waals surface area contributed by atoms with Gasteiger partial charge in [-0.15, -0.1) is 0 Å². The van der Waals surface area contributed by atoms with E-state index in [1.165, 1.54) is 6.08 Å². The first kappa shape index (κ1) is 22.9. The summed E-state index contributed by atoms with van der Waals surface area (Å²) in [4.78, 5) is 23.4. The highest BCUT2D eigenvalue weighted by atomic mass is 16.5. The monoisotopic (exact) mass is 366 g/mol. The Hall–Kier alpha value is -1.16. The van der Waals surface area contributed by atoms with Crippen molar-refractivity contribution in [3.63, 3.8) is 0 Å². The van der Waals surface area contributed by atoms with E-state index < -0.39 is 0 Å². The molecule has 4 nitrogen and oxygen atoms in total. The molecule has 1 rings (SSSR count). The second-order valence-corrected chi connectivity index (χ2v) is 7.54. The van der Waals surface area contributed by atoms with Gasteiger partial charge in [0.2, 0.25) is 0 Å². The molecule has 1 saturated carbocycles. The van der Waals surface area contributed by atoms with Gasteiger partial charge in [-0.05, 0) is 57.8 Å². The number of ether oxygens (including phenoxy) is 1. The Morgan fingerprint density at radius 3 is 2.69 bits per heavy atom. The fraction of sp³-hybridized carbons (Fsp3) is 0.818. The lowest BCUT2D eigenvalue weighted by Crippen LogP contribution is -2.15. The number of carbonyl (C=O) groups excluding carboxylic acids is 2. The van der Waals surface area contributed by atoms with E-state index in [9.17, 15) is 14.7 Å². The third kappa shape index (κ3) is 9.51. The first-order valence-corrected chi connectivity index (χ1v) is 10.6. The average molecular weight is 367 g/mol. The number of Topliss-reactive ketones (excluding diaryl/α,β-unsaturated/α-hetero) is 1. The van der Waals surface area contributed by atoms with E-state index in [2.05, 4.69) is 6.92 Å². The van der Waals surface area contributed by atoms with Gasteiger partial charge in [0.25, 0.3) is 0 Å². The van der Waals surface area contributed by atoms with Gasteiger partial charge in [-0.1, -0.05) is 38.7 Å². The number of esters is 1. The molecule has 0 spiro atoms. The zero-order valence-corrected chi connectivity index (χ0v) is 16.8. The average Bonchev–Trinajstić information content (AvgIpc) is 2.96. The van der Waals surface area contributed by atoms with E-state index in [0.717, 1.165) is 77.0 Å². The minimum absolute atomic E-state index is 0.170. The number of aliphatic hydroxyl groups excluding tert-OH is 1. The van der Waals surface area contributed by atoms with Crippen molar-refractivity contribution < 1.29 is 19.4 Å². The second kappa shape index (κ2) is 14.0. The lowest BCUT2D eigenvalue weighted by molar-refractivity contribution is -0.137. The van der Waals surface area contributed by atoms with Crippen LogP contribution in [-0.4, -0.2) is 29.6 Å². The SMILES string of the molecule is CCCCC(O)CCC[C@H]1CCC(=O)[C@@H]1CCCCC=CC(=O)OCC. The van der Waals surface area contributed by atoms with E-state index in [1.54, 1.807) is 6.92 Å². The molecule has 26 heavy (non-hydrogen) atoms. The second-order valence-electron chi connectivity index (χ2n) is 7.54. The van der Waals surface area contributed by atoms with Crippen molar-refractivity contribution in [1.82, 2.24) is 0 Å². The van der Waals surface area contributed by atoms with Gasteiger partial charge in [-0.25, -0.2) is 4.79 Å². The smallest absolute Gasteiger partial charge is 0.330 e. The van der Waals surface area contributed by atoms with Crippen LogP contribution in [0.4, 0.5) is 0 Å². The van der Waals surface area contributed by atoms with Gasteiger partial charge < -0.3 is 9.84 Å². The van der Waals surface area contributed by atoms with Gasteiger partial charge in [-0.3, -0.25) is 4.79 Å². The minimum Gasteiger partial charge on any atom is -0.463 e. The number of hydrogen-bond donors (Lipinski definition) is 1. The fourth-order valence-electron chi connectivity index (χ4n) is 3.92. The minimum atomic E-state index is -0.278. The molecule has 1 N–H and O–H groups in total. The summed E-state index contributed by atoms with van der Waals surface area (Å²) in [5.74, 6) is 0.885. The Labute approximate surface area is 159 Å². The summed E-state index contributed by atoms with van der Waals surface area (Å²) in [6, 6.07) is 0. The van der Waals surface area contributed by atoms with Crippen LogP contribution in [0.1, 0.15) is 90.9 Å². The zero-order valence-electron chi connectivity index (χ0n) is 16.8. The van der Waals surface area contributed by atoms with E-state index >= 15 is 0 Å². The van der Waals surface area contributed by atoms with Crippen LogP contribution in [0.3, 0.4) is 0 Å². The Balaban J connectivity index is 2.20. The molecule has 0 aromatic rings. The molecule has 0 radical (unpaired) electrons. The van der Waals surface area contributed by atoms with Gasteiger partial charge in [0.15, 0.2) is 0 Å². The largest absolute Gasteiger partial charge is 0.463 e. The molecule has 0 heterocycles. The molecule has 1 fully saturated rings. The van der Waals surface area contributed by atoms with Crippen molar-refractivity contribution >= 4 is 11.8 Å². The Morgan fingerprint density at radius 2 is 1.96 bits per heavy atom. The third-order valence-corrected chi connectivity index (χ3v) is 5.42. The van der Waals surface area contributed by atoms with Crippen molar-refractivity contribution in [3.8, 4) is 0 Å². The molecule has 0 amide bonds. The predicted octanol–water partition coefficient (Wildman–Crippen LogP) is 4.98. The molecule has 3 atom stereocenters. The van der Waals surface area contributed by atoms with Crippen LogP contribution in [0.25, 0.3) is 0 Å². The predicted molar refractivity (Wildman–Crippen MR) is 105 cm³/mol. The van der Waals surface area contributed by atoms with Crippen molar-refractivity contribution in [1.29, 1.82) is 0 Å². The first-order chi connectivity index (χ1) is 12.6. The van der Waals surface area contributed by atoms with E-state index in [1.807, 2.05) is 6.08 Å². The molecule has 1 aliphatic rings. The molecule has 0 aromatic heterocycles. The molecule has 0 bridgehead atoms. The number of aliphatic hydroxyl groups is 1. The third-order valence-electron chi connectivity index (χ3n) is 5.42. The standard InChI is InChI=1S/C22H38O4/c1-3-5-12-19(23)13-10-11-18-16-17-21(24)20(18)14-8-6-7-9-15-22(25)26-4-2/h9,15,18-20,23H,3-8,10-14,16-17H2,1-2H3/t18-,19?,20+/m0/s1. The highest BCUT2D eigenvalue weighted by molar-refractivity contribution is 5.83. The van der Waals surface area contributed by atoms with Crippen LogP contribution in [0, 0.1) is 11.8 Å². The summed E-state index contributed by atoms with van der Waals surface area (Å²) in [7, 11) is 0. The Kier molecular flexibility index (Phi) is 12.3. The number of allylic oxidation sites excluding steroid dienone is 1. The first-order valence-electron chi connectivity index (χ1n) is 10.6. The lowest BCUT2D eigenvalue weighted by atomic mass is 9.86. The summed E-state index contributed by atoms with van der Waals surface area (Å²) in [5.41, 5.74) is 0. The van der Waals surface area contributed by atoms with Gasteiger partial charge in [0.1, 0.15) is 5.78 Å². The van der Waals surface area contributed by atoms with Crippen LogP contribution < -0.4 is 0 Å². The van der Waals surface area contributed by atoms with E-state index in [4.69, 9.17) is 4.74 Å². The fourth-order valence-corrected chi connectivity index (χ4v) is 3.92. The number of unbranched alkanes of at least 4 members (excludes halogenated alkanes) is 3. The topological polar surface area (TPSA) is 63.6 Å². The van der Waals surface area contributed by atoms with Crippen molar-refractivity contribution in [2.75, 3.05) is 6.61 Å². The van der Waals surface area contributed by atoms with Gasteiger partial charge in [0.05, 0.1) is 12.7 Å². The van der Waals surface area contributed by atoms with Crippen LogP contribution in [-0.2, 0) is 14.3 Å². The normalized spacial score (nSPS) is 21.4.